The highest BCUT2D eigenvalue weighted by Crippen LogP contribution is 2.50. The van der Waals surface area contributed by atoms with E-state index >= 15 is 0 Å². The summed E-state index contributed by atoms with van der Waals surface area (Å²) in [6.07, 6.45) is -0.0139. The van der Waals surface area contributed by atoms with Crippen LogP contribution in [0.2, 0.25) is 0 Å². The van der Waals surface area contributed by atoms with Gasteiger partial charge in [-0.2, -0.15) is 0 Å². The molecule has 1 atom stereocenters. The molecule has 1 aromatic carbocycles. The number of likely N-dealkylation sites (N-methyl/N-ethyl adjacent to an activating group) is 1. The number of ether oxygens (including phenoxy) is 1. The molecule has 7 nitrogen and oxygen atoms in total. The van der Waals surface area contributed by atoms with Crippen molar-refractivity contribution >= 4 is 22.4 Å². The highest BCUT2D eigenvalue weighted by atomic mass is 32.3. The first-order chi connectivity index (χ1) is 10.4. The summed E-state index contributed by atoms with van der Waals surface area (Å²) in [5, 5.41) is 1.11. The Morgan fingerprint density at radius 2 is 1.95 bits per heavy atom. The average molecular weight is 330 g/mol. The fourth-order valence-electron chi connectivity index (χ4n) is 2.41. The molecule has 8 heteroatoms. The van der Waals surface area contributed by atoms with E-state index in [2.05, 4.69) is 0 Å². The van der Waals surface area contributed by atoms with E-state index in [0.29, 0.717) is 17.9 Å². The second-order valence-electron chi connectivity index (χ2n) is 5.02. The Hall–Kier alpha value is -1.32. The van der Waals surface area contributed by atoms with Gasteiger partial charge in [0.05, 0.1) is 18.6 Å². The lowest BCUT2D eigenvalue weighted by Gasteiger charge is -2.38. The van der Waals surface area contributed by atoms with Crippen molar-refractivity contribution < 1.29 is 23.5 Å². The number of methoxy groups -OCH3 is 1. The molecule has 0 spiro atoms. The molecule has 2 rings (SSSR count). The first-order valence-corrected chi connectivity index (χ1v) is 8.56. The lowest BCUT2D eigenvalue weighted by molar-refractivity contribution is -0.179. The Bertz CT molecular complexity index is 522. The minimum atomic E-state index is -2.71. The summed E-state index contributed by atoms with van der Waals surface area (Å²) < 4.78 is 26.8. The smallest absolute Gasteiger partial charge is 0.279 e. The summed E-state index contributed by atoms with van der Waals surface area (Å²) in [6.45, 7) is 0.612. The summed E-state index contributed by atoms with van der Waals surface area (Å²) in [6, 6.07) is 7.03. The van der Waals surface area contributed by atoms with Gasteiger partial charge < -0.3 is 4.74 Å². The SMILES string of the molecule is COC(C(=O)N(C)OC)c1ccc(N2CCCS2(O)O)cc1. The molecule has 124 valence electrons. The van der Waals surface area contributed by atoms with Crippen molar-refractivity contribution in [2.45, 2.75) is 12.5 Å². The molecular formula is C14H22N2O5S. The highest BCUT2D eigenvalue weighted by molar-refractivity contribution is 8.25. The van der Waals surface area contributed by atoms with E-state index in [1.165, 1.54) is 21.3 Å². The molecule has 0 saturated carbocycles. The van der Waals surface area contributed by atoms with Crippen molar-refractivity contribution in [3.63, 3.8) is 0 Å². The van der Waals surface area contributed by atoms with Crippen LogP contribution in [0.1, 0.15) is 18.1 Å². The van der Waals surface area contributed by atoms with E-state index in [1.54, 1.807) is 28.6 Å². The van der Waals surface area contributed by atoms with Crippen molar-refractivity contribution in [3.05, 3.63) is 29.8 Å². The number of hydroxylamine groups is 2. The van der Waals surface area contributed by atoms with Crippen LogP contribution in [0.3, 0.4) is 0 Å². The average Bonchev–Trinajstić information content (AvgIpc) is 2.87. The van der Waals surface area contributed by atoms with Gasteiger partial charge in [-0.05, 0) is 24.1 Å². The number of amides is 1. The summed E-state index contributed by atoms with van der Waals surface area (Å²) in [4.78, 5) is 17.0. The van der Waals surface area contributed by atoms with Crippen LogP contribution in [-0.4, -0.2) is 53.6 Å². The quantitative estimate of drug-likeness (QED) is 0.806. The topological polar surface area (TPSA) is 82.5 Å². The predicted octanol–water partition coefficient (Wildman–Crippen LogP) is 2.27. The third-order valence-electron chi connectivity index (χ3n) is 3.66. The second-order valence-corrected chi connectivity index (χ2v) is 7.13. The number of nitrogens with zero attached hydrogens (tertiary/aromatic N) is 2. The van der Waals surface area contributed by atoms with Gasteiger partial charge in [-0.1, -0.05) is 12.1 Å². The second kappa shape index (κ2) is 6.84. The van der Waals surface area contributed by atoms with Crippen LogP contribution in [0.15, 0.2) is 24.3 Å². The van der Waals surface area contributed by atoms with E-state index in [4.69, 9.17) is 9.57 Å². The van der Waals surface area contributed by atoms with Crippen LogP contribution < -0.4 is 4.31 Å². The Kier molecular flexibility index (Phi) is 5.30. The molecule has 1 aliphatic heterocycles. The summed E-state index contributed by atoms with van der Waals surface area (Å²) in [5.41, 5.74) is 1.40. The normalized spacial score (nSPS) is 19.8. The molecule has 0 bridgehead atoms. The minimum Gasteiger partial charge on any atom is -0.367 e. The molecule has 0 aliphatic carbocycles. The molecule has 0 aromatic heterocycles. The molecule has 1 aliphatic rings. The number of carbonyl (C=O) groups excluding carboxylic acids is 1. The molecule has 1 amide bonds. The predicted molar refractivity (Wildman–Crippen MR) is 85.6 cm³/mol. The van der Waals surface area contributed by atoms with Gasteiger partial charge in [-0.25, -0.2) is 5.06 Å². The van der Waals surface area contributed by atoms with Crippen molar-refractivity contribution in [3.8, 4) is 0 Å². The molecule has 1 aromatic rings. The van der Waals surface area contributed by atoms with Crippen LogP contribution in [0, 0.1) is 0 Å². The highest BCUT2D eigenvalue weighted by Gasteiger charge is 2.29. The molecule has 2 N–H and O–H groups in total. The first-order valence-electron chi connectivity index (χ1n) is 6.88. The van der Waals surface area contributed by atoms with Gasteiger partial charge in [0.25, 0.3) is 5.91 Å². The Labute approximate surface area is 131 Å². The van der Waals surface area contributed by atoms with E-state index in [-0.39, 0.29) is 5.91 Å². The number of carbonyl (C=O) groups is 1. The summed E-state index contributed by atoms with van der Waals surface area (Å²) in [7, 11) is 1.67. The van der Waals surface area contributed by atoms with Gasteiger partial charge in [-0.3, -0.25) is 23.0 Å². The maximum Gasteiger partial charge on any atom is 0.279 e. The number of rotatable bonds is 5. The molecule has 0 radical (unpaired) electrons. The van der Waals surface area contributed by atoms with Gasteiger partial charge in [0.1, 0.15) is 0 Å². The van der Waals surface area contributed by atoms with E-state index in [1.807, 2.05) is 0 Å². The van der Waals surface area contributed by atoms with Crippen molar-refractivity contribution in [2.24, 2.45) is 0 Å². The molecule has 1 unspecified atom stereocenters. The summed E-state index contributed by atoms with van der Waals surface area (Å²) in [5.74, 6) is 0.0789. The number of hydrogen-bond acceptors (Lipinski definition) is 6. The zero-order chi connectivity index (χ0) is 16.3. The summed E-state index contributed by atoms with van der Waals surface area (Å²) >= 11 is 0. The molecule has 1 heterocycles. The van der Waals surface area contributed by atoms with E-state index < -0.39 is 16.9 Å². The monoisotopic (exact) mass is 330 g/mol. The molecular weight excluding hydrogens is 308 g/mol. The van der Waals surface area contributed by atoms with Gasteiger partial charge in [0.2, 0.25) is 0 Å². The van der Waals surface area contributed by atoms with Crippen molar-refractivity contribution in [1.82, 2.24) is 5.06 Å². The fourth-order valence-corrected chi connectivity index (χ4v) is 4.02. The van der Waals surface area contributed by atoms with Crippen molar-refractivity contribution in [2.75, 3.05) is 37.9 Å². The first kappa shape index (κ1) is 17.0. The standard InChI is InChI=1S/C14H22N2O5S/c1-15(21-3)14(17)13(20-2)11-5-7-12(8-6-11)16-9-4-10-22(16,18)19/h5-8,13,18-19H,4,9-10H2,1-3H3. The number of hydrogen-bond donors (Lipinski definition) is 2. The minimum absolute atomic E-state index is 0.316. The maximum atomic E-state index is 12.1. The Morgan fingerprint density at radius 1 is 1.32 bits per heavy atom. The van der Waals surface area contributed by atoms with Gasteiger partial charge >= 0.3 is 0 Å². The van der Waals surface area contributed by atoms with Crippen LogP contribution in [0.25, 0.3) is 0 Å². The van der Waals surface area contributed by atoms with Gasteiger partial charge in [0.15, 0.2) is 6.10 Å². The largest absolute Gasteiger partial charge is 0.367 e. The Morgan fingerprint density at radius 3 is 2.41 bits per heavy atom. The van der Waals surface area contributed by atoms with Crippen LogP contribution in [0.4, 0.5) is 5.69 Å². The maximum absolute atomic E-state index is 12.1. The van der Waals surface area contributed by atoms with Crippen LogP contribution in [-0.2, 0) is 14.4 Å². The third-order valence-corrected chi connectivity index (χ3v) is 5.60. The van der Waals surface area contributed by atoms with E-state index in [0.717, 1.165) is 17.2 Å². The molecule has 1 saturated heterocycles. The number of benzene rings is 1. The molecule has 1 fully saturated rings. The zero-order valence-corrected chi connectivity index (χ0v) is 13.7. The van der Waals surface area contributed by atoms with E-state index in [9.17, 15) is 13.9 Å². The zero-order valence-electron chi connectivity index (χ0n) is 12.9. The lowest BCUT2D eigenvalue weighted by Crippen LogP contribution is -2.31. The van der Waals surface area contributed by atoms with Crippen molar-refractivity contribution in [1.29, 1.82) is 0 Å². The number of anilines is 1. The fraction of sp³-hybridized carbons (Fsp3) is 0.500. The van der Waals surface area contributed by atoms with Gasteiger partial charge in [0, 0.05) is 20.7 Å². The van der Waals surface area contributed by atoms with Crippen LogP contribution >= 0.6 is 10.8 Å². The lowest BCUT2D eigenvalue weighted by atomic mass is 10.1. The molecule has 22 heavy (non-hydrogen) atoms. The van der Waals surface area contributed by atoms with Gasteiger partial charge in [-0.15, -0.1) is 10.8 Å². The Balaban J connectivity index is 2.19. The third kappa shape index (κ3) is 3.36. The van der Waals surface area contributed by atoms with Crippen LogP contribution in [0.5, 0.6) is 0 Å².